The number of hydrogen-bond donors (Lipinski definition) is 1. The zero-order chi connectivity index (χ0) is 18.1. The van der Waals surface area contributed by atoms with Crippen LogP contribution in [0.25, 0.3) is 0 Å². The fourth-order valence-corrected chi connectivity index (χ4v) is 4.03. The second-order valence-electron chi connectivity index (χ2n) is 5.56. The van der Waals surface area contributed by atoms with Gasteiger partial charge in [-0.15, -0.1) is 11.8 Å². The summed E-state index contributed by atoms with van der Waals surface area (Å²) < 4.78 is 0. The highest BCUT2D eigenvalue weighted by molar-refractivity contribution is 8.00. The molecular weight excluding hydrogens is 362 g/mol. The van der Waals surface area contributed by atoms with Crippen LogP contribution in [0.1, 0.15) is 22.3 Å². The smallest absolute Gasteiger partial charge is 0.336 e. The number of imide groups is 1. The molecule has 1 heterocycles. The number of carboxylic acid groups (broad SMARTS) is 1. The lowest BCUT2D eigenvalue weighted by atomic mass is 10.2. The molecule has 1 aliphatic heterocycles. The second kappa shape index (κ2) is 6.90. The van der Waals surface area contributed by atoms with Crippen LogP contribution < -0.4 is 4.90 Å². The van der Waals surface area contributed by atoms with Crippen molar-refractivity contribution >= 4 is 46.8 Å². The van der Waals surface area contributed by atoms with E-state index in [0.717, 1.165) is 16.7 Å². The molecule has 0 spiro atoms. The normalized spacial score (nSPS) is 17.2. The summed E-state index contributed by atoms with van der Waals surface area (Å²) in [6, 6.07) is 11.5. The maximum atomic E-state index is 12.8. The van der Waals surface area contributed by atoms with Crippen LogP contribution in [0, 0.1) is 6.92 Å². The lowest BCUT2D eigenvalue weighted by Crippen LogP contribution is -2.31. The molecule has 5 nitrogen and oxygen atoms in total. The molecule has 1 atom stereocenters. The molecule has 2 aromatic carbocycles. The van der Waals surface area contributed by atoms with Crippen LogP contribution in [-0.4, -0.2) is 28.1 Å². The number of hydrogen-bond acceptors (Lipinski definition) is 4. The lowest BCUT2D eigenvalue weighted by molar-refractivity contribution is -0.121. The van der Waals surface area contributed by atoms with Crippen molar-refractivity contribution in [1.29, 1.82) is 0 Å². The van der Waals surface area contributed by atoms with Crippen molar-refractivity contribution in [2.24, 2.45) is 0 Å². The first kappa shape index (κ1) is 17.5. The van der Waals surface area contributed by atoms with Gasteiger partial charge >= 0.3 is 5.97 Å². The van der Waals surface area contributed by atoms with Gasteiger partial charge in [-0.3, -0.25) is 9.59 Å². The van der Waals surface area contributed by atoms with Crippen molar-refractivity contribution in [2.45, 2.75) is 23.5 Å². The molecule has 2 amide bonds. The van der Waals surface area contributed by atoms with E-state index in [1.54, 1.807) is 43.3 Å². The molecule has 0 saturated carbocycles. The van der Waals surface area contributed by atoms with E-state index in [2.05, 4.69) is 0 Å². The number of thioether (sulfide) groups is 1. The van der Waals surface area contributed by atoms with E-state index >= 15 is 0 Å². The number of rotatable bonds is 4. The van der Waals surface area contributed by atoms with Gasteiger partial charge in [0, 0.05) is 16.3 Å². The average Bonchev–Trinajstić information content (AvgIpc) is 2.85. The SMILES string of the molecule is Cc1c(Cl)cccc1N1C(=O)C[C@H](Sc2ccccc2C(=O)O)C1=O. The van der Waals surface area contributed by atoms with E-state index in [1.807, 2.05) is 0 Å². The Labute approximate surface area is 153 Å². The first-order valence-corrected chi connectivity index (χ1v) is 8.77. The van der Waals surface area contributed by atoms with Gasteiger partial charge in [-0.2, -0.15) is 0 Å². The highest BCUT2D eigenvalue weighted by Crippen LogP contribution is 2.37. The predicted molar refractivity (Wildman–Crippen MR) is 96.3 cm³/mol. The van der Waals surface area contributed by atoms with Crippen LogP contribution in [0.4, 0.5) is 5.69 Å². The molecule has 7 heteroatoms. The Morgan fingerprint density at radius 2 is 1.92 bits per heavy atom. The van der Waals surface area contributed by atoms with Crippen molar-refractivity contribution in [3.05, 3.63) is 58.6 Å². The van der Waals surface area contributed by atoms with E-state index < -0.39 is 11.2 Å². The molecule has 3 rings (SSSR count). The number of benzene rings is 2. The van der Waals surface area contributed by atoms with E-state index in [9.17, 15) is 19.5 Å². The molecule has 0 bridgehead atoms. The molecular formula is C18H14ClNO4S. The molecule has 2 aromatic rings. The summed E-state index contributed by atoms with van der Waals surface area (Å²) in [6.45, 7) is 1.75. The van der Waals surface area contributed by atoms with Gasteiger partial charge in [0.15, 0.2) is 0 Å². The molecule has 0 aliphatic carbocycles. The molecule has 0 radical (unpaired) electrons. The van der Waals surface area contributed by atoms with E-state index in [4.69, 9.17) is 11.6 Å². The number of halogens is 1. The molecule has 1 saturated heterocycles. The zero-order valence-corrected chi connectivity index (χ0v) is 14.8. The fourth-order valence-electron chi connectivity index (χ4n) is 2.69. The van der Waals surface area contributed by atoms with Crippen LogP contribution >= 0.6 is 23.4 Å². The van der Waals surface area contributed by atoms with E-state index in [0.29, 0.717) is 21.2 Å². The summed E-state index contributed by atoms with van der Waals surface area (Å²) in [4.78, 5) is 38.1. The maximum Gasteiger partial charge on any atom is 0.336 e. The first-order valence-electron chi connectivity index (χ1n) is 7.51. The molecule has 1 N–H and O–H groups in total. The highest BCUT2D eigenvalue weighted by atomic mass is 35.5. The van der Waals surface area contributed by atoms with Crippen molar-refractivity contribution < 1.29 is 19.5 Å². The van der Waals surface area contributed by atoms with Gasteiger partial charge in [0.05, 0.1) is 16.5 Å². The Hall–Kier alpha value is -2.31. The van der Waals surface area contributed by atoms with E-state index in [1.165, 1.54) is 6.07 Å². The predicted octanol–water partition coefficient (Wildman–Crippen LogP) is 3.77. The third kappa shape index (κ3) is 3.27. The van der Waals surface area contributed by atoms with Crippen molar-refractivity contribution in [1.82, 2.24) is 0 Å². The standard InChI is InChI=1S/C18H14ClNO4S/c1-10-12(19)6-4-7-13(10)20-16(21)9-15(17(20)22)25-14-8-3-2-5-11(14)18(23)24/h2-8,15H,9H2,1H3,(H,23,24)/t15-/m0/s1. The van der Waals surface area contributed by atoms with Gasteiger partial charge in [-0.05, 0) is 36.8 Å². The van der Waals surface area contributed by atoms with Crippen LogP contribution in [0.15, 0.2) is 47.4 Å². The van der Waals surface area contributed by atoms with Crippen molar-refractivity contribution in [3.63, 3.8) is 0 Å². The third-order valence-electron chi connectivity index (χ3n) is 3.97. The van der Waals surface area contributed by atoms with Crippen LogP contribution in [0.3, 0.4) is 0 Å². The van der Waals surface area contributed by atoms with Gasteiger partial charge < -0.3 is 5.11 Å². The highest BCUT2D eigenvalue weighted by Gasteiger charge is 2.41. The molecule has 0 unspecified atom stereocenters. The minimum Gasteiger partial charge on any atom is -0.478 e. The summed E-state index contributed by atoms with van der Waals surface area (Å²) in [6.07, 6.45) is 0.0173. The van der Waals surface area contributed by atoms with E-state index in [-0.39, 0.29) is 23.8 Å². The number of amides is 2. The summed E-state index contributed by atoms with van der Waals surface area (Å²) in [5, 5.41) is 9.08. The summed E-state index contributed by atoms with van der Waals surface area (Å²) in [5.74, 6) is -1.75. The quantitative estimate of drug-likeness (QED) is 0.823. The average molecular weight is 376 g/mol. The molecule has 0 aromatic heterocycles. The Balaban J connectivity index is 1.90. The van der Waals surface area contributed by atoms with Gasteiger partial charge in [0.1, 0.15) is 0 Å². The van der Waals surface area contributed by atoms with Crippen molar-refractivity contribution in [2.75, 3.05) is 4.90 Å². The number of aromatic carboxylic acids is 1. The zero-order valence-electron chi connectivity index (χ0n) is 13.2. The number of carbonyl (C=O) groups excluding carboxylic acids is 2. The number of carboxylic acids is 1. The summed E-state index contributed by atoms with van der Waals surface area (Å²) in [5.41, 5.74) is 1.24. The number of carbonyl (C=O) groups is 3. The summed E-state index contributed by atoms with van der Waals surface area (Å²) >= 11 is 7.19. The second-order valence-corrected chi connectivity index (χ2v) is 7.22. The number of nitrogens with zero attached hydrogens (tertiary/aromatic N) is 1. The van der Waals surface area contributed by atoms with Gasteiger partial charge in [0.2, 0.25) is 11.8 Å². The first-order chi connectivity index (χ1) is 11.9. The van der Waals surface area contributed by atoms with Gasteiger partial charge in [-0.25, -0.2) is 9.69 Å². The lowest BCUT2D eigenvalue weighted by Gasteiger charge is -2.18. The largest absolute Gasteiger partial charge is 0.478 e. The fraction of sp³-hybridized carbons (Fsp3) is 0.167. The monoisotopic (exact) mass is 375 g/mol. The van der Waals surface area contributed by atoms with Gasteiger partial charge in [-0.1, -0.05) is 29.8 Å². The minimum absolute atomic E-state index is 0.0173. The van der Waals surface area contributed by atoms with Crippen LogP contribution in [0.5, 0.6) is 0 Å². The summed E-state index contributed by atoms with van der Waals surface area (Å²) in [7, 11) is 0. The van der Waals surface area contributed by atoms with Crippen molar-refractivity contribution in [3.8, 4) is 0 Å². The number of anilines is 1. The Morgan fingerprint density at radius 3 is 2.64 bits per heavy atom. The molecule has 1 fully saturated rings. The molecule has 1 aliphatic rings. The topological polar surface area (TPSA) is 74.7 Å². The molecule has 128 valence electrons. The molecule has 25 heavy (non-hydrogen) atoms. The van der Waals surface area contributed by atoms with Crippen LogP contribution in [-0.2, 0) is 9.59 Å². The third-order valence-corrected chi connectivity index (χ3v) is 5.64. The Bertz CT molecular complexity index is 883. The minimum atomic E-state index is -1.07. The van der Waals surface area contributed by atoms with Crippen LogP contribution in [0.2, 0.25) is 5.02 Å². The maximum absolute atomic E-state index is 12.8. The van der Waals surface area contributed by atoms with Gasteiger partial charge in [0.25, 0.3) is 0 Å². The Kier molecular flexibility index (Phi) is 4.83. The Morgan fingerprint density at radius 1 is 1.20 bits per heavy atom.